The van der Waals surface area contributed by atoms with Crippen LogP contribution in [0.5, 0.6) is 5.75 Å². The van der Waals surface area contributed by atoms with Gasteiger partial charge in [-0.1, -0.05) is 36.4 Å². The Morgan fingerprint density at radius 3 is 2.65 bits per heavy atom. The van der Waals surface area contributed by atoms with E-state index in [4.69, 9.17) is 4.74 Å². The minimum absolute atomic E-state index is 0.294. The van der Waals surface area contributed by atoms with Crippen molar-refractivity contribution < 1.29 is 14.6 Å². The van der Waals surface area contributed by atoms with Gasteiger partial charge in [0.05, 0.1) is 19.3 Å². The molecule has 4 heteroatoms. The number of fused-ring (bicyclic) bond motifs is 1. The zero-order chi connectivity index (χ0) is 14.1. The Hall–Kier alpha value is -2.33. The first-order chi connectivity index (χ1) is 9.72. The molecule has 0 spiro atoms. The molecule has 0 fully saturated rings. The maximum Gasteiger partial charge on any atom is 0.260 e. The van der Waals surface area contributed by atoms with Crippen molar-refractivity contribution >= 4 is 11.6 Å². The van der Waals surface area contributed by atoms with Gasteiger partial charge in [0.15, 0.2) is 6.10 Å². The molecule has 0 aromatic heterocycles. The standard InChI is InChI=1S/C16H15NO3/c1-20-14-9-5-2-6-11(14)10-17-13-8-4-3-7-12(13)15(18)16(17)19/h2-9,15,18H,10H2,1H3/t15-/m0/s1. The summed E-state index contributed by atoms with van der Waals surface area (Å²) in [6.07, 6.45) is -1.07. The topological polar surface area (TPSA) is 49.8 Å². The van der Waals surface area contributed by atoms with Crippen molar-refractivity contribution in [3.8, 4) is 5.75 Å². The fourth-order valence-electron chi connectivity index (χ4n) is 2.53. The van der Waals surface area contributed by atoms with E-state index in [1.54, 1.807) is 18.1 Å². The summed E-state index contributed by atoms with van der Waals surface area (Å²) < 4.78 is 5.31. The molecule has 3 rings (SSSR count). The van der Waals surface area contributed by atoms with Crippen LogP contribution in [0, 0.1) is 0 Å². The Morgan fingerprint density at radius 2 is 1.85 bits per heavy atom. The number of hydrogen-bond acceptors (Lipinski definition) is 3. The quantitative estimate of drug-likeness (QED) is 0.930. The predicted molar refractivity (Wildman–Crippen MR) is 75.6 cm³/mol. The third kappa shape index (κ3) is 1.94. The van der Waals surface area contributed by atoms with Gasteiger partial charge >= 0.3 is 0 Å². The first kappa shape index (κ1) is 12.7. The van der Waals surface area contributed by atoms with Crippen molar-refractivity contribution in [2.24, 2.45) is 0 Å². The molecule has 0 radical (unpaired) electrons. The molecule has 20 heavy (non-hydrogen) atoms. The first-order valence-corrected chi connectivity index (χ1v) is 6.42. The molecule has 1 aliphatic rings. The van der Waals surface area contributed by atoms with Crippen LogP contribution in [0.4, 0.5) is 5.69 Å². The van der Waals surface area contributed by atoms with Gasteiger partial charge in [0.1, 0.15) is 5.75 Å². The minimum atomic E-state index is -1.07. The Balaban J connectivity index is 1.97. The number of carbonyl (C=O) groups excluding carboxylic acids is 1. The zero-order valence-corrected chi connectivity index (χ0v) is 11.1. The molecular weight excluding hydrogens is 254 g/mol. The average molecular weight is 269 g/mol. The summed E-state index contributed by atoms with van der Waals surface area (Å²) in [5.41, 5.74) is 2.33. The van der Waals surface area contributed by atoms with Gasteiger partial charge < -0.3 is 14.7 Å². The smallest absolute Gasteiger partial charge is 0.260 e. The Labute approximate surface area is 117 Å². The van der Waals surface area contributed by atoms with Crippen LogP contribution in [0.1, 0.15) is 17.2 Å². The van der Waals surface area contributed by atoms with Crippen LogP contribution in [0.25, 0.3) is 0 Å². The van der Waals surface area contributed by atoms with Crippen LogP contribution in [0.15, 0.2) is 48.5 Å². The number of benzene rings is 2. The molecule has 0 unspecified atom stereocenters. The highest BCUT2D eigenvalue weighted by Crippen LogP contribution is 2.37. The Kier molecular flexibility index (Phi) is 3.16. The number of para-hydroxylation sites is 2. The van der Waals surface area contributed by atoms with E-state index in [-0.39, 0.29) is 5.91 Å². The second-order valence-electron chi connectivity index (χ2n) is 4.70. The molecule has 102 valence electrons. The molecule has 0 aliphatic carbocycles. The van der Waals surface area contributed by atoms with Crippen LogP contribution in [0.3, 0.4) is 0 Å². The number of ether oxygens (including phenoxy) is 1. The largest absolute Gasteiger partial charge is 0.496 e. The van der Waals surface area contributed by atoms with Crippen LogP contribution in [0.2, 0.25) is 0 Å². The molecular formula is C16H15NO3. The van der Waals surface area contributed by atoms with E-state index in [1.807, 2.05) is 42.5 Å². The van der Waals surface area contributed by atoms with Crippen molar-refractivity contribution in [1.29, 1.82) is 0 Å². The number of aliphatic hydroxyl groups excluding tert-OH is 1. The summed E-state index contributed by atoms with van der Waals surface area (Å²) >= 11 is 0. The van der Waals surface area contributed by atoms with Crippen molar-refractivity contribution in [3.63, 3.8) is 0 Å². The number of rotatable bonds is 3. The highest BCUT2D eigenvalue weighted by Gasteiger charge is 2.35. The molecule has 2 aromatic carbocycles. The maximum atomic E-state index is 12.2. The SMILES string of the molecule is COc1ccccc1CN1C(=O)[C@@H](O)c2ccccc21. The van der Waals surface area contributed by atoms with Gasteiger partial charge in [0, 0.05) is 11.1 Å². The molecule has 1 aliphatic heterocycles. The molecule has 0 saturated heterocycles. The van der Waals surface area contributed by atoms with E-state index < -0.39 is 6.10 Å². The molecule has 1 N–H and O–H groups in total. The van der Waals surface area contributed by atoms with Crippen molar-refractivity contribution in [3.05, 3.63) is 59.7 Å². The normalized spacial score (nSPS) is 17.2. The highest BCUT2D eigenvalue weighted by molar-refractivity contribution is 6.03. The van der Waals surface area contributed by atoms with Gasteiger partial charge in [-0.05, 0) is 12.1 Å². The fraction of sp³-hybridized carbons (Fsp3) is 0.188. The van der Waals surface area contributed by atoms with E-state index in [1.165, 1.54) is 0 Å². The number of nitrogens with zero attached hydrogens (tertiary/aromatic N) is 1. The van der Waals surface area contributed by atoms with Gasteiger partial charge in [-0.3, -0.25) is 4.79 Å². The fourth-order valence-corrected chi connectivity index (χ4v) is 2.53. The number of amides is 1. The lowest BCUT2D eigenvalue weighted by atomic mass is 10.1. The molecule has 2 aromatic rings. The molecule has 4 nitrogen and oxygen atoms in total. The third-order valence-electron chi connectivity index (χ3n) is 3.54. The first-order valence-electron chi connectivity index (χ1n) is 6.42. The van der Waals surface area contributed by atoms with Crippen LogP contribution in [-0.2, 0) is 11.3 Å². The number of carbonyl (C=O) groups is 1. The molecule has 1 amide bonds. The van der Waals surface area contributed by atoms with Gasteiger partial charge in [-0.25, -0.2) is 0 Å². The third-order valence-corrected chi connectivity index (χ3v) is 3.54. The van der Waals surface area contributed by atoms with Gasteiger partial charge in [0.25, 0.3) is 5.91 Å². The average Bonchev–Trinajstić information content (AvgIpc) is 2.73. The lowest BCUT2D eigenvalue weighted by Gasteiger charge is -2.19. The lowest BCUT2D eigenvalue weighted by Crippen LogP contribution is -2.28. The Morgan fingerprint density at radius 1 is 1.15 bits per heavy atom. The molecule has 1 heterocycles. The second kappa shape index (κ2) is 4.98. The number of hydrogen-bond donors (Lipinski definition) is 1. The summed E-state index contributed by atoms with van der Waals surface area (Å²) in [5.74, 6) is 0.441. The van der Waals surface area contributed by atoms with Crippen LogP contribution in [-0.4, -0.2) is 18.1 Å². The number of aliphatic hydroxyl groups is 1. The number of methoxy groups -OCH3 is 1. The highest BCUT2D eigenvalue weighted by atomic mass is 16.5. The van der Waals surface area contributed by atoms with Crippen molar-refractivity contribution in [2.75, 3.05) is 12.0 Å². The summed E-state index contributed by atoms with van der Waals surface area (Å²) in [7, 11) is 1.60. The summed E-state index contributed by atoms with van der Waals surface area (Å²) in [6, 6.07) is 14.9. The van der Waals surface area contributed by atoms with Gasteiger partial charge in [-0.2, -0.15) is 0 Å². The molecule has 0 bridgehead atoms. The van der Waals surface area contributed by atoms with E-state index in [0.29, 0.717) is 12.1 Å². The molecule has 0 saturated carbocycles. The summed E-state index contributed by atoms with van der Waals surface area (Å²) in [4.78, 5) is 13.8. The van der Waals surface area contributed by atoms with Crippen molar-refractivity contribution in [1.82, 2.24) is 0 Å². The van der Waals surface area contributed by atoms with E-state index >= 15 is 0 Å². The van der Waals surface area contributed by atoms with Gasteiger partial charge in [0.2, 0.25) is 0 Å². The van der Waals surface area contributed by atoms with Crippen molar-refractivity contribution in [2.45, 2.75) is 12.6 Å². The summed E-state index contributed by atoms with van der Waals surface area (Å²) in [5, 5.41) is 10.0. The monoisotopic (exact) mass is 269 g/mol. The zero-order valence-electron chi connectivity index (χ0n) is 11.1. The van der Waals surface area contributed by atoms with E-state index in [0.717, 1.165) is 17.0 Å². The summed E-state index contributed by atoms with van der Waals surface area (Å²) in [6.45, 7) is 0.386. The Bertz CT molecular complexity index is 654. The van der Waals surface area contributed by atoms with E-state index in [9.17, 15) is 9.90 Å². The predicted octanol–water partition coefficient (Wildman–Crippen LogP) is 2.28. The van der Waals surface area contributed by atoms with Crippen LogP contribution >= 0.6 is 0 Å². The minimum Gasteiger partial charge on any atom is -0.496 e. The maximum absolute atomic E-state index is 12.2. The van der Waals surface area contributed by atoms with Crippen LogP contribution < -0.4 is 9.64 Å². The lowest BCUT2D eigenvalue weighted by molar-refractivity contribution is -0.125. The number of anilines is 1. The molecule has 1 atom stereocenters. The van der Waals surface area contributed by atoms with Gasteiger partial charge in [-0.15, -0.1) is 0 Å². The van der Waals surface area contributed by atoms with E-state index in [2.05, 4.69) is 0 Å². The second-order valence-corrected chi connectivity index (χ2v) is 4.70.